The van der Waals surface area contributed by atoms with Crippen LogP contribution in [-0.4, -0.2) is 5.78 Å². The molecule has 1 aromatic rings. The van der Waals surface area contributed by atoms with Gasteiger partial charge >= 0.3 is 0 Å². The highest BCUT2D eigenvalue weighted by Crippen LogP contribution is 2.53. The Morgan fingerprint density at radius 2 is 1.78 bits per heavy atom. The first-order valence-corrected chi connectivity index (χ1v) is 7.45. The van der Waals surface area contributed by atoms with Gasteiger partial charge in [-0.2, -0.15) is 0 Å². The third kappa shape index (κ3) is 1.43. The van der Waals surface area contributed by atoms with Gasteiger partial charge in [-0.3, -0.25) is 4.79 Å². The number of fused-ring (bicyclic) bond motifs is 5. The number of aryl methyl sites for hydroxylation is 1. The van der Waals surface area contributed by atoms with Crippen molar-refractivity contribution in [3.8, 4) is 0 Å². The highest BCUT2D eigenvalue weighted by atomic mass is 16.1. The molecule has 0 radical (unpaired) electrons. The van der Waals surface area contributed by atoms with Crippen molar-refractivity contribution in [2.24, 2.45) is 17.8 Å². The Labute approximate surface area is 109 Å². The summed E-state index contributed by atoms with van der Waals surface area (Å²) in [5, 5.41) is 0. The summed E-state index contributed by atoms with van der Waals surface area (Å²) < 4.78 is 0. The Morgan fingerprint density at radius 1 is 0.944 bits per heavy atom. The van der Waals surface area contributed by atoms with Crippen LogP contribution in [0.15, 0.2) is 24.3 Å². The minimum Gasteiger partial charge on any atom is -0.299 e. The molecule has 3 aliphatic rings. The van der Waals surface area contributed by atoms with Crippen molar-refractivity contribution < 1.29 is 4.79 Å². The largest absolute Gasteiger partial charge is 0.299 e. The average Bonchev–Trinajstić information content (AvgIpc) is 2.89. The Balaban J connectivity index is 1.75. The topological polar surface area (TPSA) is 17.1 Å². The summed E-state index contributed by atoms with van der Waals surface area (Å²) in [6, 6.07) is 8.82. The van der Waals surface area contributed by atoms with Crippen LogP contribution in [0.2, 0.25) is 0 Å². The lowest BCUT2D eigenvalue weighted by Gasteiger charge is -2.43. The minimum atomic E-state index is 0.427. The summed E-state index contributed by atoms with van der Waals surface area (Å²) in [7, 11) is 0. The van der Waals surface area contributed by atoms with Gasteiger partial charge in [0.2, 0.25) is 0 Å². The number of Topliss-reactive ketones (excluding diaryl/α,β-unsaturated/α-hetero) is 1. The van der Waals surface area contributed by atoms with E-state index >= 15 is 0 Å². The fraction of sp³-hybridized carbons (Fsp3) is 0.588. The Morgan fingerprint density at radius 3 is 2.72 bits per heavy atom. The van der Waals surface area contributed by atoms with Gasteiger partial charge < -0.3 is 0 Å². The standard InChI is InChI=1S/C17H20O/c18-17-10-16-12-5-2-1-4-11(12)8-9-14(16)13-6-3-7-15(13)17/h1-2,4-5,13-16H,3,6-10H2/t13-,14-,15+,16-/m0/s1. The highest BCUT2D eigenvalue weighted by Gasteiger charge is 2.47. The molecule has 0 unspecified atom stereocenters. The SMILES string of the molecule is O=C1C[C@H]2c3ccccc3CC[C@H]2[C@@H]2CCC[C@@H]12. The number of hydrogen-bond acceptors (Lipinski definition) is 1. The zero-order valence-electron chi connectivity index (χ0n) is 10.8. The maximum atomic E-state index is 12.3. The minimum absolute atomic E-state index is 0.427. The van der Waals surface area contributed by atoms with Gasteiger partial charge in [0, 0.05) is 12.3 Å². The molecule has 2 saturated carbocycles. The molecule has 0 saturated heterocycles. The predicted molar refractivity (Wildman–Crippen MR) is 71.4 cm³/mol. The second kappa shape index (κ2) is 3.94. The van der Waals surface area contributed by atoms with Crippen molar-refractivity contribution >= 4 is 5.78 Å². The van der Waals surface area contributed by atoms with E-state index in [0.717, 1.165) is 12.3 Å². The van der Waals surface area contributed by atoms with E-state index in [2.05, 4.69) is 24.3 Å². The highest BCUT2D eigenvalue weighted by molar-refractivity contribution is 5.83. The van der Waals surface area contributed by atoms with E-state index in [1.807, 2.05) is 0 Å². The molecule has 0 N–H and O–H groups in total. The molecular weight excluding hydrogens is 220 g/mol. The Bertz CT molecular complexity index is 490. The molecule has 1 nitrogen and oxygen atoms in total. The molecular formula is C17H20O. The molecule has 0 aromatic heterocycles. The second-order valence-corrected chi connectivity index (χ2v) is 6.38. The van der Waals surface area contributed by atoms with Crippen LogP contribution in [0.5, 0.6) is 0 Å². The first kappa shape index (κ1) is 10.8. The van der Waals surface area contributed by atoms with Crippen LogP contribution in [0.3, 0.4) is 0 Å². The lowest BCUT2D eigenvalue weighted by molar-refractivity contribution is -0.128. The molecule has 1 heteroatoms. The van der Waals surface area contributed by atoms with Crippen LogP contribution >= 0.6 is 0 Å². The monoisotopic (exact) mass is 240 g/mol. The quantitative estimate of drug-likeness (QED) is 0.675. The molecule has 94 valence electrons. The number of carbonyl (C=O) groups is 1. The van der Waals surface area contributed by atoms with Crippen molar-refractivity contribution in [2.75, 3.05) is 0 Å². The fourth-order valence-corrected chi connectivity index (χ4v) is 4.92. The maximum absolute atomic E-state index is 12.3. The molecule has 4 rings (SSSR count). The van der Waals surface area contributed by atoms with E-state index in [0.29, 0.717) is 23.5 Å². The molecule has 4 atom stereocenters. The first-order chi connectivity index (χ1) is 8.84. The summed E-state index contributed by atoms with van der Waals surface area (Å²) in [6.45, 7) is 0. The normalized spacial score (nSPS) is 37.9. The lowest BCUT2D eigenvalue weighted by Crippen LogP contribution is -2.39. The van der Waals surface area contributed by atoms with E-state index in [4.69, 9.17) is 0 Å². The van der Waals surface area contributed by atoms with E-state index in [9.17, 15) is 4.79 Å². The molecule has 3 aliphatic carbocycles. The number of ketones is 1. The molecule has 0 aliphatic heterocycles. The van der Waals surface area contributed by atoms with Crippen LogP contribution < -0.4 is 0 Å². The molecule has 0 heterocycles. The van der Waals surface area contributed by atoms with Gasteiger partial charge in [-0.25, -0.2) is 0 Å². The predicted octanol–water partition coefficient (Wildman–Crippen LogP) is 3.72. The van der Waals surface area contributed by atoms with Crippen molar-refractivity contribution in [3.05, 3.63) is 35.4 Å². The van der Waals surface area contributed by atoms with Crippen LogP contribution in [0, 0.1) is 17.8 Å². The van der Waals surface area contributed by atoms with Gasteiger partial charge in [0.05, 0.1) is 0 Å². The molecule has 2 fully saturated rings. The zero-order valence-corrected chi connectivity index (χ0v) is 10.8. The third-order valence-electron chi connectivity index (χ3n) is 5.67. The molecule has 0 amide bonds. The maximum Gasteiger partial charge on any atom is 0.136 e. The van der Waals surface area contributed by atoms with Gasteiger partial charge in [-0.1, -0.05) is 30.7 Å². The third-order valence-corrected chi connectivity index (χ3v) is 5.67. The molecule has 0 spiro atoms. The summed E-state index contributed by atoms with van der Waals surface area (Å²) in [5.74, 6) is 3.04. The van der Waals surface area contributed by atoms with E-state index in [1.54, 1.807) is 0 Å². The van der Waals surface area contributed by atoms with Crippen LogP contribution in [-0.2, 0) is 11.2 Å². The average molecular weight is 240 g/mol. The van der Waals surface area contributed by atoms with Crippen molar-refractivity contribution in [1.29, 1.82) is 0 Å². The first-order valence-electron chi connectivity index (χ1n) is 7.45. The molecule has 18 heavy (non-hydrogen) atoms. The summed E-state index contributed by atoms with van der Waals surface area (Å²) >= 11 is 0. The van der Waals surface area contributed by atoms with E-state index in [1.165, 1.54) is 43.2 Å². The van der Waals surface area contributed by atoms with Gasteiger partial charge in [0.25, 0.3) is 0 Å². The zero-order chi connectivity index (χ0) is 12.1. The summed E-state index contributed by atoms with van der Waals surface area (Å²) in [5.41, 5.74) is 3.00. The number of hydrogen-bond donors (Lipinski definition) is 0. The van der Waals surface area contributed by atoms with E-state index < -0.39 is 0 Å². The number of benzene rings is 1. The molecule has 1 aromatic carbocycles. The van der Waals surface area contributed by atoms with E-state index in [-0.39, 0.29) is 0 Å². The van der Waals surface area contributed by atoms with Crippen molar-refractivity contribution in [2.45, 2.75) is 44.4 Å². The van der Waals surface area contributed by atoms with Crippen molar-refractivity contribution in [3.63, 3.8) is 0 Å². The van der Waals surface area contributed by atoms with Crippen LogP contribution in [0.1, 0.15) is 49.1 Å². The van der Waals surface area contributed by atoms with Crippen LogP contribution in [0.25, 0.3) is 0 Å². The molecule has 0 bridgehead atoms. The van der Waals surface area contributed by atoms with Gasteiger partial charge in [-0.15, -0.1) is 0 Å². The van der Waals surface area contributed by atoms with Crippen molar-refractivity contribution in [1.82, 2.24) is 0 Å². The number of carbonyl (C=O) groups excluding carboxylic acids is 1. The Kier molecular flexibility index (Phi) is 2.36. The van der Waals surface area contributed by atoms with Gasteiger partial charge in [0.15, 0.2) is 0 Å². The fourth-order valence-electron chi connectivity index (χ4n) is 4.92. The second-order valence-electron chi connectivity index (χ2n) is 6.38. The van der Waals surface area contributed by atoms with Gasteiger partial charge in [-0.05, 0) is 54.6 Å². The lowest BCUT2D eigenvalue weighted by atomic mass is 9.60. The summed E-state index contributed by atoms with van der Waals surface area (Å²) in [4.78, 5) is 12.3. The number of rotatable bonds is 0. The summed E-state index contributed by atoms with van der Waals surface area (Å²) in [6.07, 6.45) is 7.13. The smallest absolute Gasteiger partial charge is 0.136 e. The van der Waals surface area contributed by atoms with Gasteiger partial charge in [0.1, 0.15) is 5.78 Å². The Hall–Kier alpha value is -1.11. The van der Waals surface area contributed by atoms with Crippen LogP contribution in [0.4, 0.5) is 0 Å².